The van der Waals surface area contributed by atoms with Gasteiger partial charge in [-0.15, -0.1) is 0 Å². The molecule has 0 atom stereocenters. The van der Waals surface area contributed by atoms with E-state index in [1.54, 1.807) is 38.5 Å². The number of likely N-dealkylation sites (N-methyl/N-ethyl adjacent to an activating group) is 1. The van der Waals surface area contributed by atoms with Crippen LogP contribution in [0.25, 0.3) is 5.65 Å². The van der Waals surface area contributed by atoms with E-state index in [1.807, 2.05) is 0 Å². The van der Waals surface area contributed by atoms with Crippen LogP contribution in [0.2, 0.25) is 0 Å². The number of amides is 1. The number of H-pyrrole nitrogens is 1. The Labute approximate surface area is 142 Å². The van der Waals surface area contributed by atoms with E-state index in [2.05, 4.69) is 15.4 Å². The van der Waals surface area contributed by atoms with Gasteiger partial charge in [-0.1, -0.05) is 6.07 Å². The van der Waals surface area contributed by atoms with Crippen molar-refractivity contribution >= 4 is 17.4 Å². The fourth-order valence-corrected chi connectivity index (χ4v) is 2.48. The number of aromatic nitrogens is 4. The van der Waals surface area contributed by atoms with E-state index in [4.69, 9.17) is 0 Å². The van der Waals surface area contributed by atoms with Gasteiger partial charge in [0.2, 0.25) is 0 Å². The Morgan fingerprint density at radius 2 is 2.12 bits per heavy atom. The van der Waals surface area contributed by atoms with Gasteiger partial charge in [-0.2, -0.15) is 0 Å². The predicted octanol–water partition coefficient (Wildman–Crippen LogP) is -0.0946. The summed E-state index contributed by atoms with van der Waals surface area (Å²) in [6.07, 6.45) is 1.65. The molecule has 0 aliphatic rings. The maximum absolute atomic E-state index is 12.3. The number of aromatic amines is 1. The lowest BCUT2D eigenvalue weighted by molar-refractivity contribution is 0.0789. The van der Waals surface area contributed by atoms with Gasteiger partial charge in [0.1, 0.15) is 17.2 Å². The lowest BCUT2D eigenvalue weighted by Crippen LogP contribution is -2.33. The molecule has 0 fully saturated rings. The fourth-order valence-electron chi connectivity index (χ4n) is 2.48. The summed E-state index contributed by atoms with van der Waals surface area (Å²) >= 11 is 0. The van der Waals surface area contributed by atoms with Crippen LogP contribution in [-0.4, -0.2) is 50.1 Å². The number of carbonyl (C=O) groups is 1. The molecule has 3 heterocycles. The number of anilines is 1. The molecule has 25 heavy (non-hydrogen) atoms. The Kier molecular flexibility index (Phi) is 4.38. The Morgan fingerprint density at radius 3 is 2.84 bits per heavy atom. The third-order valence-corrected chi connectivity index (χ3v) is 3.80. The van der Waals surface area contributed by atoms with Crippen LogP contribution in [0.15, 0.2) is 46.1 Å². The Morgan fingerprint density at radius 1 is 1.32 bits per heavy atom. The van der Waals surface area contributed by atoms with Crippen LogP contribution >= 0.6 is 0 Å². The molecule has 3 rings (SSSR count). The van der Waals surface area contributed by atoms with Crippen LogP contribution in [0.4, 0.5) is 5.82 Å². The van der Waals surface area contributed by atoms with Gasteiger partial charge in [0.05, 0.1) is 0 Å². The average Bonchev–Trinajstić information content (AvgIpc) is 2.92. The van der Waals surface area contributed by atoms with E-state index in [0.29, 0.717) is 24.6 Å². The largest absolute Gasteiger partial charge is 0.368 e. The van der Waals surface area contributed by atoms with Gasteiger partial charge in [-0.3, -0.25) is 28.6 Å². The molecule has 0 bridgehead atoms. The quantitative estimate of drug-likeness (QED) is 0.674. The van der Waals surface area contributed by atoms with Crippen LogP contribution in [0.1, 0.15) is 10.5 Å². The molecule has 0 saturated heterocycles. The summed E-state index contributed by atoms with van der Waals surface area (Å²) in [4.78, 5) is 41.4. The van der Waals surface area contributed by atoms with Crippen molar-refractivity contribution in [2.24, 2.45) is 7.05 Å². The lowest BCUT2D eigenvalue weighted by atomic mass is 10.3. The van der Waals surface area contributed by atoms with Crippen LogP contribution in [0.5, 0.6) is 0 Å². The van der Waals surface area contributed by atoms with E-state index >= 15 is 0 Å². The molecule has 0 aliphatic carbocycles. The Bertz CT molecular complexity index is 1030. The second-order valence-electron chi connectivity index (χ2n) is 5.63. The van der Waals surface area contributed by atoms with Crippen LogP contribution < -0.4 is 16.4 Å². The summed E-state index contributed by atoms with van der Waals surface area (Å²) in [7, 11) is 3.25. The minimum Gasteiger partial charge on any atom is -0.368 e. The van der Waals surface area contributed by atoms with Crippen molar-refractivity contribution in [3.63, 3.8) is 0 Å². The minimum atomic E-state index is -0.321. The van der Waals surface area contributed by atoms with Crippen molar-refractivity contribution in [1.82, 2.24) is 24.1 Å². The highest BCUT2D eigenvalue weighted by molar-refractivity contribution is 5.92. The molecule has 130 valence electrons. The molecule has 3 aromatic heterocycles. The van der Waals surface area contributed by atoms with Gasteiger partial charge in [0.25, 0.3) is 17.0 Å². The van der Waals surface area contributed by atoms with Gasteiger partial charge in [0.15, 0.2) is 0 Å². The zero-order valence-electron chi connectivity index (χ0n) is 13.9. The highest BCUT2D eigenvalue weighted by Gasteiger charge is 2.15. The molecule has 9 nitrogen and oxygen atoms in total. The third kappa shape index (κ3) is 3.44. The summed E-state index contributed by atoms with van der Waals surface area (Å²) in [5.74, 6) is 0.181. The van der Waals surface area contributed by atoms with Crippen LogP contribution in [0, 0.1) is 0 Å². The predicted molar refractivity (Wildman–Crippen MR) is 92.9 cm³/mol. The number of carbonyl (C=O) groups excluding carboxylic acids is 1. The maximum Gasteiger partial charge on any atom is 0.271 e. The molecule has 2 N–H and O–H groups in total. The standard InChI is InChI=1S/C16H18N6O3/c1-20(16(25)11-9-14(23)19-21(11)2)8-6-17-12-10-15(24)22-7-4-3-5-13(22)18-12/h3-5,7,9-10,17H,6,8H2,1-2H3,(H,19,23). The molecule has 3 aromatic rings. The molecule has 0 spiro atoms. The molecule has 0 aliphatic heterocycles. The van der Waals surface area contributed by atoms with E-state index < -0.39 is 0 Å². The van der Waals surface area contributed by atoms with Crippen molar-refractivity contribution in [2.45, 2.75) is 0 Å². The number of hydrogen-bond acceptors (Lipinski definition) is 5. The number of nitrogens with one attached hydrogen (secondary N) is 2. The van der Waals surface area contributed by atoms with Gasteiger partial charge in [-0.05, 0) is 12.1 Å². The summed E-state index contributed by atoms with van der Waals surface area (Å²) in [6.45, 7) is 0.796. The first-order valence-corrected chi connectivity index (χ1v) is 7.69. The number of nitrogens with zero attached hydrogens (tertiary/aromatic N) is 4. The average molecular weight is 342 g/mol. The third-order valence-electron chi connectivity index (χ3n) is 3.80. The number of rotatable bonds is 5. The smallest absolute Gasteiger partial charge is 0.271 e. The van der Waals surface area contributed by atoms with Gasteiger partial charge < -0.3 is 10.2 Å². The minimum absolute atomic E-state index is 0.181. The molecular formula is C16H18N6O3. The van der Waals surface area contributed by atoms with Crippen LogP contribution in [0.3, 0.4) is 0 Å². The summed E-state index contributed by atoms with van der Waals surface area (Å²) in [5, 5.41) is 5.54. The van der Waals surface area contributed by atoms with Gasteiger partial charge in [-0.25, -0.2) is 4.98 Å². The number of fused-ring (bicyclic) bond motifs is 1. The molecule has 0 unspecified atom stereocenters. The molecule has 0 aromatic carbocycles. The first-order chi connectivity index (χ1) is 12.0. The highest BCUT2D eigenvalue weighted by atomic mass is 16.2. The topological polar surface area (TPSA) is 104 Å². The van der Waals surface area contributed by atoms with E-state index in [0.717, 1.165) is 0 Å². The first-order valence-electron chi connectivity index (χ1n) is 7.69. The summed E-state index contributed by atoms with van der Waals surface area (Å²) < 4.78 is 2.84. The maximum atomic E-state index is 12.3. The zero-order chi connectivity index (χ0) is 18.0. The Hall–Kier alpha value is -3.36. The normalized spacial score (nSPS) is 10.8. The van der Waals surface area contributed by atoms with E-state index in [9.17, 15) is 14.4 Å². The van der Waals surface area contributed by atoms with Gasteiger partial charge >= 0.3 is 0 Å². The molecule has 0 saturated carbocycles. The first kappa shape index (κ1) is 16.5. The van der Waals surface area contributed by atoms with Crippen LogP contribution in [-0.2, 0) is 7.05 Å². The SMILES string of the molecule is CN(CCNc1cc(=O)n2ccccc2n1)C(=O)c1cc(=O)[nH]n1C. The van der Waals surface area contributed by atoms with Crippen molar-refractivity contribution in [3.8, 4) is 0 Å². The van der Waals surface area contributed by atoms with E-state index in [1.165, 1.54) is 26.1 Å². The lowest BCUT2D eigenvalue weighted by Gasteiger charge is -2.17. The number of hydrogen-bond donors (Lipinski definition) is 2. The van der Waals surface area contributed by atoms with Crippen molar-refractivity contribution in [3.05, 3.63) is 62.9 Å². The van der Waals surface area contributed by atoms with E-state index in [-0.39, 0.29) is 22.7 Å². The van der Waals surface area contributed by atoms with Crippen molar-refractivity contribution in [1.29, 1.82) is 0 Å². The van der Waals surface area contributed by atoms with Gasteiger partial charge in [0, 0.05) is 45.5 Å². The van der Waals surface area contributed by atoms with Crippen molar-refractivity contribution in [2.75, 3.05) is 25.5 Å². The fraction of sp³-hybridized carbons (Fsp3) is 0.250. The molecule has 1 amide bonds. The number of pyridine rings is 1. The summed E-state index contributed by atoms with van der Waals surface area (Å²) in [6, 6.07) is 7.98. The molecule has 0 radical (unpaired) electrons. The monoisotopic (exact) mass is 342 g/mol. The van der Waals surface area contributed by atoms with Crippen molar-refractivity contribution < 1.29 is 4.79 Å². The zero-order valence-corrected chi connectivity index (χ0v) is 13.9. The highest BCUT2D eigenvalue weighted by Crippen LogP contribution is 2.03. The second-order valence-corrected chi connectivity index (χ2v) is 5.63. The molecule has 9 heteroatoms. The summed E-state index contributed by atoms with van der Waals surface area (Å²) in [5.41, 5.74) is 0.330. The molecular weight excluding hydrogens is 324 g/mol. The number of aryl methyl sites for hydroxylation is 1. The second kappa shape index (κ2) is 6.63. The Balaban J connectivity index is 1.64.